The summed E-state index contributed by atoms with van der Waals surface area (Å²) in [5, 5.41) is 7.39. The van der Waals surface area contributed by atoms with Crippen molar-refractivity contribution in [3.63, 3.8) is 0 Å². The smallest absolute Gasteiger partial charge is 0.0997 e. The molecule has 0 radical (unpaired) electrons. The van der Waals surface area contributed by atoms with E-state index in [-0.39, 0.29) is 0 Å². The Bertz CT molecular complexity index is 1440. The molecule has 6 rings (SSSR count). The maximum atomic E-state index is 4.60. The van der Waals surface area contributed by atoms with Gasteiger partial charge in [-0.25, -0.2) is 4.98 Å². The quantitative estimate of drug-likeness (QED) is 0.279. The second kappa shape index (κ2) is 4.54. The van der Waals surface area contributed by atoms with E-state index in [0.717, 1.165) is 16.6 Å². The van der Waals surface area contributed by atoms with E-state index < -0.39 is 0 Å². The summed E-state index contributed by atoms with van der Waals surface area (Å²) in [5.41, 5.74) is 3.20. The molecular weight excluding hydrogens is 306 g/mol. The Kier molecular flexibility index (Phi) is 2.35. The zero-order valence-electron chi connectivity index (χ0n) is 13.3. The van der Waals surface area contributed by atoms with Gasteiger partial charge >= 0.3 is 0 Å². The predicted molar refractivity (Wildman–Crippen MR) is 103 cm³/mol. The molecule has 6 aromatic rings. The Morgan fingerprint density at radius 2 is 1.48 bits per heavy atom. The fourth-order valence-corrected chi connectivity index (χ4v) is 3.88. The maximum absolute atomic E-state index is 4.60. The van der Waals surface area contributed by atoms with Gasteiger partial charge in [-0.2, -0.15) is 0 Å². The zero-order chi connectivity index (χ0) is 16.4. The molecule has 116 valence electrons. The molecule has 0 saturated carbocycles. The Balaban J connectivity index is 1.91. The van der Waals surface area contributed by atoms with Crippen molar-refractivity contribution in [3.05, 3.63) is 79.4 Å². The number of aromatic nitrogens is 3. The Morgan fingerprint density at radius 3 is 2.32 bits per heavy atom. The predicted octanol–water partition coefficient (Wildman–Crippen LogP) is 5.34. The van der Waals surface area contributed by atoms with Gasteiger partial charge < -0.3 is 0 Å². The first-order valence-electron chi connectivity index (χ1n) is 8.33. The van der Waals surface area contributed by atoms with Crippen LogP contribution < -0.4 is 0 Å². The van der Waals surface area contributed by atoms with E-state index in [2.05, 4.69) is 69.0 Å². The van der Waals surface area contributed by atoms with Crippen molar-refractivity contribution in [2.75, 3.05) is 0 Å². The highest BCUT2D eigenvalue weighted by molar-refractivity contribution is 6.15. The Labute approximate surface area is 143 Å². The van der Waals surface area contributed by atoms with Crippen molar-refractivity contribution in [1.29, 1.82) is 0 Å². The molecule has 3 heterocycles. The van der Waals surface area contributed by atoms with Crippen molar-refractivity contribution in [2.45, 2.75) is 0 Å². The molecule has 0 spiro atoms. The van der Waals surface area contributed by atoms with Crippen LogP contribution in [0.5, 0.6) is 0 Å². The standard InChI is InChI=1S/C22H13N3/c1-2-5-15-9-17-11-20-19(10-16(17)8-14(15)4-1)18-6-3-7-24-22(18)21-12-23-13-25(20)21/h1-13H. The fourth-order valence-electron chi connectivity index (χ4n) is 3.88. The lowest BCUT2D eigenvalue weighted by molar-refractivity contribution is 1.21. The molecule has 0 N–H and O–H groups in total. The monoisotopic (exact) mass is 319 g/mol. The highest BCUT2D eigenvalue weighted by Gasteiger charge is 2.11. The second-order valence-corrected chi connectivity index (χ2v) is 6.46. The number of rotatable bonds is 0. The minimum Gasteiger partial charge on any atom is -0.297 e. The summed E-state index contributed by atoms with van der Waals surface area (Å²) in [6.07, 6.45) is 5.60. The third kappa shape index (κ3) is 1.69. The van der Waals surface area contributed by atoms with E-state index in [0.29, 0.717) is 0 Å². The number of pyridine rings is 2. The summed E-state index contributed by atoms with van der Waals surface area (Å²) in [6, 6.07) is 21.7. The van der Waals surface area contributed by atoms with Gasteiger partial charge in [-0.1, -0.05) is 30.3 Å². The van der Waals surface area contributed by atoms with Crippen LogP contribution in [0.1, 0.15) is 0 Å². The molecule has 0 saturated heterocycles. The summed E-state index contributed by atoms with van der Waals surface area (Å²) < 4.78 is 2.14. The molecule has 0 bridgehead atoms. The molecule has 3 aromatic heterocycles. The van der Waals surface area contributed by atoms with Gasteiger partial charge in [-0.05, 0) is 51.9 Å². The molecule has 0 aliphatic heterocycles. The number of imidazole rings is 1. The normalized spacial score (nSPS) is 12.0. The first-order valence-corrected chi connectivity index (χ1v) is 8.33. The van der Waals surface area contributed by atoms with Crippen molar-refractivity contribution in [2.24, 2.45) is 0 Å². The van der Waals surface area contributed by atoms with E-state index in [4.69, 9.17) is 0 Å². The summed E-state index contributed by atoms with van der Waals surface area (Å²) in [7, 11) is 0. The van der Waals surface area contributed by atoms with Crippen LogP contribution in [0.4, 0.5) is 0 Å². The van der Waals surface area contributed by atoms with Crippen LogP contribution >= 0.6 is 0 Å². The number of nitrogens with zero attached hydrogens (tertiary/aromatic N) is 3. The number of hydrogen-bond donors (Lipinski definition) is 0. The summed E-state index contributed by atoms with van der Waals surface area (Å²) in [4.78, 5) is 8.96. The third-order valence-electron chi connectivity index (χ3n) is 5.06. The van der Waals surface area contributed by atoms with Crippen LogP contribution in [0.3, 0.4) is 0 Å². The molecule has 0 amide bonds. The molecule has 0 unspecified atom stereocenters. The largest absolute Gasteiger partial charge is 0.297 e. The molecule has 0 atom stereocenters. The van der Waals surface area contributed by atoms with Gasteiger partial charge in [0.05, 0.1) is 29.1 Å². The van der Waals surface area contributed by atoms with Crippen LogP contribution in [0.15, 0.2) is 79.4 Å². The number of hydrogen-bond acceptors (Lipinski definition) is 2. The minimum atomic E-state index is 0.993. The molecule has 0 fully saturated rings. The Hall–Kier alpha value is -3.46. The van der Waals surface area contributed by atoms with Crippen LogP contribution in [0.2, 0.25) is 0 Å². The lowest BCUT2D eigenvalue weighted by atomic mass is 10.00. The highest BCUT2D eigenvalue weighted by atomic mass is 15.0. The number of benzene rings is 3. The molecule has 0 aliphatic carbocycles. The van der Waals surface area contributed by atoms with Crippen molar-refractivity contribution in [1.82, 2.24) is 14.4 Å². The van der Waals surface area contributed by atoms with E-state index in [1.165, 1.54) is 32.3 Å². The van der Waals surface area contributed by atoms with E-state index in [1.807, 2.05) is 24.8 Å². The van der Waals surface area contributed by atoms with Crippen molar-refractivity contribution in [3.8, 4) is 0 Å². The maximum Gasteiger partial charge on any atom is 0.0997 e. The SMILES string of the molecule is c1ccc2cc3cc4c(cc3cc2c1)c1cccnc1c1cncn41. The van der Waals surface area contributed by atoms with Crippen LogP contribution in [-0.2, 0) is 0 Å². The van der Waals surface area contributed by atoms with E-state index in [1.54, 1.807) is 0 Å². The topological polar surface area (TPSA) is 30.2 Å². The van der Waals surface area contributed by atoms with E-state index in [9.17, 15) is 0 Å². The van der Waals surface area contributed by atoms with Gasteiger partial charge in [0.15, 0.2) is 0 Å². The van der Waals surface area contributed by atoms with Crippen molar-refractivity contribution < 1.29 is 0 Å². The van der Waals surface area contributed by atoms with Gasteiger partial charge in [-0.15, -0.1) is 0 Å². The highest BCUT2D eigenvalue weighted by Crippen LogP contribution is 2.32. The molecule has 3 heteroatoms. The molecular formula is C22H13N3. The lowest BCUT2D eigenvalue weighted by Gasteiger charge is -2.10. The zero-order valence-corrected chi connectivity index (χ0v) is 13.3. The van der Waals surface area contributed by atoms with Gasteiger partial charge in [-0.3, -0.25) is 9.38 Å². The van der Waals surface area contributed by atoms with Crippen molar-refractivity contribution >= 4 is 48.9 Å². The first kappa shape index (κ1) is 12.9. The van der Waals surface area contributed by atoms with Gasteiger partial charge in [0, 0.05) is 17.0 Å². The van der Waals surface area contributed by atoms with Gasteiger partial charge in [0.2, 0.25) is 0 Å². The lowest BCUT2D eigenvalue weighted by Crippen LogP contribution is -1.91. The average molecular weight is 319 g/mol. The number of fused-ring (bicyclic) bond motifs is 8. The van der Waals surface area contributed by atoms with Gasteiger partial charge in [0.25, 0.3) is 0 Å². The van der Waals surface area contributed by atoms with Gasteiger partial charge in [0.1, 0.15) is 0 Å². The van der Waals surface area contributed by atoms with Crippen LogP contribution in [-0.4, -0.2) is 14.4 Å². The fraction of sp³-hybridized carbons (Fsp3) is 0. The summed E-state index contributed by atoms with van der Waals surface area (Å²) in [5.74, 6) is 0. The van der Waals surface area contributed by atoms with Crippen LogP contribution in [0.25, 0.3) is 48.9 Å². The second-order valence-electron chi connectivity index (χ2n) is 6.46. The Morgan fingerprint density at radius 1 is 0.680 bits per heavy atom. The summed E-state index contributed by atoms with van der Waals surface area (Å²) >= 11 is 0. The van der Waals surface area contributed by atoms with Crippen LogP contribution in [0, 0.1) is 0 Å². The first-order chi connectivity index (χ1) is 12.4. The van der Waals surface area contributed by atoms with E-state index >= 15 is 0 Å². The molecule has 25 heavy (non-hydrogen) atoms. The molecule has 3 aromatic carbocycles. The molecule has 3 nitrogen and oxygen atoms in total. The average Bonchev–Trinajstić information content (AvgIpc) is 3.15. The molecule has 0 aliphatic rings. The minimum absolute atomic E-state index is 0.993. The third-order valence-corrected chi connectivity index (χ3v) is 5.06. The summed E-state index contributed by atoms with van der Waals surface area (Å²) in [6.45, 7) is 0.